The van der Waals surface area contributed by atoms with E-state index in [0.717, 1.165) is 11.1 Å². The molecule has 8 heteroatoms. The predicted molar refractivity (Wildman–Crippen MR) is 146 cm³/mol. The first-order chi connectivity index (χ1) is 18.4. The highest BCUT2D eigenvalue weighted by Gasteiger charge is 2.13. The van der Waals surface area contributed by atoms with Crippen LogP contribution in [0.1, 0.15) is 37.4 Å². The van der Waals surface area contributed by atoms with Gasteiger partial charge in [0, 0.05) is 10.6 Å². The molecular formula is C30H25ClN2O5. The molecule has 4 rings (SSSR count). The van der Waals surface area contributed by atoms with Gasteiger partial charge in [-0.15, -0.1) is 0 Å². The molecule has 7 nitrogen and oxygen atoms in total. The van der Waals surface area contributed by atoms with Gasteiger partial charge in [-0.3, -0.25) is 4.79 Å². The maximum atomic E-state index is 12.5. The van der Waals surface area contributed by atoms with Crippen molar-refractivity contribution >= 4 is 29.7 Å². The summed E-state index contributed by atoms with van der Waals surface area (Å²) in [6, 6.07) is 26.2. The average molecular weight is 529 g/mol. The molecule has 0 aliphatic carbocycles. The average Bonchev–Trinajstić information content (AvgIpc) is 2.94. The first-order valence-corrected chi connectivity index (χ1v) is 12.1. The van der Waals surface area contributed by atoms with Gasteiger partial charge in [0.05, 0.1) is 18.9 Å². The highest BCUT2D eigenvalue weighted by Crippen LogP contribution is 2.28. The lowest BCUT2D eigenvalue weighted by atomic mass is 10.1. The summed E-state index contributed by atoms with van der Waals surface area (Å²) in [7, 11) is 1.48. The zero-order valence-electron chi connectivity index (χ0n) is 20.8. The molecular weight excluding hydrogens is 504 g/mol. The van der Waals surface area contributed by atoms with Crippen molar-refractivity contribution < 1.29 is 23.8 Å². The van der Waals surface area contributed by atoms with Crippen molar-refractivity contribution in [2.75, 3.05) is 7.11 Å². The number of aryl methyl sites for hydroxylation is 1. The number of ether oxygens (including phenoxy) is 3. The van der Waals surface area contributed by atoms with Crippen LogP contribution in [0.25, 0.3) is 0 Å². The van der Waals surface area contributed by atoms with Crippen LogP contribution in [0.5, 0.6) is 17.2 Å². The molecule has 0 unspecified atom stereocenters. The summed E-state index contributed by atoms with van der Waals surface area (Å²) in [6.07, 6.45) is 1.47. The van der Waals surface area contributed by atoms with Gasteiger partial charge in [0.2, 0.25) is 0 Å². The molecule has 0 radical (unpaired) electrons. The monoisotopic (exact) mass is 528 g/mol. The maximum absolute atomic E-state index is 12.5. The minimum absolute atomic E-state index is 0.276. The van der Waals surface area contributed by atoms with Crippen molar-refractivity contribution in [1.29, 1.82) is 0 Å². The van der Waals surface area contributed by atoms with Crippen LogP contribution in [0.3, 0.4) is 0 Å². The summed E-state index contributed by atoms with van der Waals surface area (Å²) < 4.78 is 16.6. The lowest BCUT2D eigenvalue weighted by Crippen LogP contribution is -2.17. The van der Waals surface area contributed by atoms with Crippen LogP contribution in [0.15, 0.2) is 96.1 Å². The summed E-state index contributed by atoms with van der Waals surface area (Å²) in [4.78, 5) is 24.9. The number of rotatable bonds is 9. The molecule has 0 aliphatic heterocycles. The van der Waals surface area contributed by atoms with Crippen LogP contribution in [0, 0.1) is 6.92 Å². The van der Waals surface area contributed by atoms with Gasteiger partial charge in [-0.25, -0.2) is 10.2 Å². The van der Waals surface area contributed by atoms with Crippen LogP contribution in [0.2, 0.25) is 5.02 Å². The van der Waals surface area contributed by atoms with E-state index in [1.54, 1.807) is 66.7 Å². The number of hydrogen-bond acceptors (Lipinski definition) is 6. The number of nitrogens with one attached hydrogen (secondary N) is 1. The molecule has 0 heterocycles. The second-order valence-electron chi connectivity index (χ2n) is 8.30. The molecule has 0 saturated heterocycles. The van der Waals surface area contributed by atoms with Crippen molar-refractivity contribution in [2.45, 2.75) is 13.5 Å². The first-order valence-electron chi connectivity index (χ1n) is 11.7. The fraction of sp³-hybridized carbons (Fsp3) is 0.100. The van der Waals surface area contributed by atoms with E-state index in [9.17, 15) is 9.59 Å². The fourth-order valence-electron chi connectivity index (χ4n) is 3.38. The van der Waals surface area contributed by atoms with Gasteiger partial charge in [-0.1, -0.05) is 41.4 Å². The molecule has 0 atom stereocenters. The van der Waals surface area contributed by atoms with Crippen molar-refractivity contribution in [1.82, 2.24) is 5.43 Å². The second kappa shape index (κ2) is 12.6. The second-order valence-corrected chi connectivity index (χ2v) is 8.74. The van der Waals surface area contributed by atoms with Crippen LogP contribution >= 0.6 is 11.6 Å². The van der Waals surface area contributed by atoms with Gasteiger partial charge < -0.3 is 14.2 Å². The molecule has 1 amide bonds. The Morgan fingerprint density at radius 3 is 2.24 bits per heavy atom. The highest BCUT2D eigenvalue weighted by atomic mass is 35.5. The summed E-state index contributed by atoms with van der Waals surface area (Å²) in [6.45, 7) is 2.33. The lowest BCUT2D eigenvalue weighted by Gasteiger charge is -2.10. The van der Waals surface area contributed by atoms with E-state index in [-0.39, 0.29) is 11.7 Å². The summed E-state index contributed by atoms with van der Waals surface area (Å²) >= 11 is 5.90. The Morgan fingerprint density at radius 1 is 0.868 bits per heavy atom. The Morgan fingerprint density at radius 2 is 1.55 bits per heavy atom. The number of carbonyl (C=O) groups is 2. The molecule has 4 aromatic rings. The molecule has 1 N–H and O–H groups in total. The topological polar surface area (TPSA) is 86.2 Å². The zero-order chi connectivity index (χ0) is 26.9. The Kier molecular flexibility index (Phi) is 8.74. The number of hydrazone groups is 1. The van der Waals surface area contributed by atoms with Gasteiger partial charge in [-0.05, 0) is 84.8 Å². The Bertz CT molecular complexity index is 1430. The smallest absolute Gasteiger partial charge is 0.343 e. The van der Waals surface area contributed by atoms with Crippen molar-refractivity contribution in [3.05, 3.63) is 124 Å². The maximum Gasteiger partial charge on any atom is 0.343 e. The van der Waals surface area contributed by atoms with Crippen molar-refractivity contribution in [2.24, 2.45) is 5.10 Å². The van der Waals surface area contributed by atoms with Crippen LogP contribution in [-0.2, 0) is 6.61 Å². The van der Waals surface area contributed by atoms with Crippen molar-refractivity contribution in [3.63, 3.8) is 0 Å². The Labute approximate surface area is 225 Å². The standard InChI is InChI=1S/C30H25ClN2O5/c1-20-3-8-24(9-4-20)30(35)38-27-16-7-22(17-28(27)36-2)18-32-33-29(34)23-10-14-26(15-11-23)37-19-21-5-12-25(31)13-6-21/h3-18H,19H2,1-2H3,(H,33,34). The summed E-state index contributed by atoms with van der Waals surface area (Å²) in [5.41, 5.74) is 6.03. The molecule has 192 valence electrons. The molecule has 0 aromatic heterocycles. The van der Waals surface area contributed by atoms with E-state index >= 15 is 0 Å². The van der Waals surface area contributed by atoms with Gasteiger partial charge in [0.25, 0.3) is 5.91 Å². The fourth-order valence-corrected chi connectivity index (χ4v) is 3.50. The molecule has 0 saturated carbocycles. The Balaban J connectivity index is 1.31. The number of carbonyl (C=O) groups excluding carboxylic acids is 2. The quantitative estimate of drug-likeness (QED) is 0.121. The number of amides is 1. The molecule has 0 aliphatic rings. The minimum Gasteiger partial charge on any atom is -0.493 e. The predicted octanol–water partition coefficient (Wildman–Crippen LogP) is 6.22. The molecule has 0 fully saturated rings. The lowest BCUT2D eigenvalue weighted by molar-refractivity contribution is 0.0729. The van der Waals surface area contributed by atoms with E-state index in [2.05, 4.69) is 10.5 Å². The van der Waals surface area contributed by atoms with E-state index in [1.807, 2.05) is 31.2 Å². The first kappa shape index (κ1) is 26.4. The van der Waals surface area contributed by atoms with E-state index in [0.29, 0.717) is 39.8 Å². The van der Waals surface area contributed by atoms with Gasteiger partial charge in [0.15, 0.2) is 11.5 Å². The van der Waals surface area contributed by atoms with Crippen LogP contribution < -0.4 is 19.6 Å². The number of methoxy groups -OCH3 is 1. The van der Waals surface area contributed by atoms with E-state index < -0.39 is 5.97 Å². The number of hydrogen-bond donors (Lipinski definition) is 1. The number of benzene rings is 4. The minimum atomic E-state index is -0.488. The van der Waals surface area contributed by atoms with Crippen molar-refractivity contribution in [3.8, 4) is 17.2 Å². The molecule has 38 heavy (non-hydrogen) atoms. The van der Waals surface area contributed by atoms with Crippen LogP contribution in [0.4, 0.5) is 0 Å². The normalized spacial score (nSPS) is 10.7. The van der Waals surface area contributed by atoms with E-state index in [4.69, 9.17) is 25.8 Å². The van der Waals surface area contributed by atoms with E-state index in [1.165, 1.54) is 13.3 Å². The Hall–Kier alpha value is -4.62. The van der Waals surface area contributed by atoms with Gasteiger partial charge in [0.1, 0.15) is 12.4 Å². The van der Waals surface area contributed by atoms with Gasteiger partial charge in [-0.2, -0.15) is 5.10 Å². The third-order valence-corrected chi connectivity index (χ3v) is 5.74. The molecule has 0 spiro atoms. The molecule has 4 aromatic carbocycles. The number of nitrogens with zero attached hydrogens (tertiary/aromatic N) is 1. The number of halogens is 1. The zero-order valence-corrected chi connectivity index (χ0v) is 21.6. The third kappa shape index (κ3) is 7.21. The summed E-state index contributed by atoms with van der Waals surface area (Å²) in [5.74, 6) is 0.405. The largest absolute Gasteiger partial charge is 0.493 e. The highest BCUT2D eigenvalue weighted by molar-refractivity contribution is 6.30. The number of esters is 1. The SMILES string of the molecule is COc1cc(C=NNC(=O)c2ccc(OCc3ccc(Cl)cc3)cc2)ccc1OC(=O)c1ccc(C)cc1. The molecule has 0 bridgehead atoms. The van der Waals surface area contributed by atoms with Crippen LogP contribution in [-0.4, -0.2) is 25.2 Å². The third-order valence-electron chi connectivity index (χ3n) is 5.49. The van der Waals surface area contributed by atoms with Gasteiger partial charge >= 0.3 is 5.97 Å². The summed E-state index contributed by atoms with van der Waals surface area (Å²) in [5, 5.41) is 4.68.